The highest BCUT2D eigenvalue weighted by atomic mass is 35.5. The number of esters is 1. The summed E-state index contributed by atoms with van der Waals surface area (Å²) in [7, 11) is 0. The summed E-state index contributed by atoms with van der Waals surface area (Å²) in [6.45, 7) is 0.815. The highest BCUT2D eigenvalue weighted by Crippen LogP contribution is 2.50. The molecular formula is C25H27ClF3N3O3. The first kappa shape index (κ1) is 24.2. The number of ether oxygens (including phenoxy) is 1. The fraction of sp³-hybridized carbons (Fsp3) is 0.560. The van der Waals surface area contributed by atoms with Gasteiger partial charge >= 0.3 is 12.1 Å². The van der Waals surface area contributed by atoms with E-state index in [4.69, 9.17) is 16.3 Å². The summed E-state index contributed by atoms with van der Waals surface area (Å²) >= 11 is 6.34. The van der Waals surface area contributed by atoms with Crippen molar-refractivity contribution in [3.05, 3.63) is 52.6 Å². The number of nitrogens with zero attached hydrogens (tertiary/aromatic N) is 3. The third-order valence-electron chi connectivity index (χ3n) is 7.74. The van der Waals surface area contributed by atoms with Gasteiger partial charge in [0.2, 0.25) is 5.82 Å². The van der Waals surface area contributed by atoms with Gasteiger partial charge in [-0.15, -0.1) is 0 Å². The predicted octanol–water partition coefficient (Wildman–Crippen LogP) is 5.28. The molecule has 3 heterocycles. The van der Waals surface area contributed by atoms with Gasteiger partial charge in [0.25, 0.3) is 5.91 Å². The Labute approximate surface area is 206 Å². The van der Waals surface area contributed by atoms with Crippen molar-refractivity contribution in [2.45, 2.75) is 75.7 Å². The number of hydrogen-bond acceptors (Lipinski definition) is 4. The zero-order valence-corrected chi connectivity index (χ0v) is 19.9. The number of amides is 1. The first-order valence-corrected chi connectivity index (χ1v) is 12.5. The molecule has 3 aliphatic rings. The molecule has 10 heteroatoms. The molecular weight excluding hydrogens is 483 g/mol. The van der Waals surface area contributed by atoms with E-state index in [1.54, 1.807) is 35.2 Å². The van der Waals surface area contributed by atoms with Gasteiger partial charge in [0, 0.05) is 31.5 Å². The number of halogens is 4. The molecule has 2 aliphatic heterocycles. The Morgan fingerprint density at radius 3 is 2.54 bits per heavy atom. The normalized spacial score (nSPS) is 26.6. The molecule has 0 radical (unpaired) electrons. The molecule has 2 aromatic rings. The molecule has 1 aliphatic carbocycles. The second-order valence-electron chi connectivity index (χ2n) is 9.63. The Balaban J connectivity index is 1.52. The third kappa shape index (κ3) is 4.21. The van der Waals surface area contributed by atoms with Crippen LogP contribution in [0.5, 0.6) is 0 Å². The molecule has 1 saturated carbocycles. The molecule has 2 fully saturated rings. The van der Waals surface area contributed by atoms with Crippen molar-refractivity contribution in [3.8, 4) is 0 Å². The van der Waals surface area contributed by atoms with Crippen LogP contribution in [0.15, 0.2) is 30.3 Å². The Kier molecular flexibility index (Phi) is 6.32. The average molecular weight is 510 g/mol. The minimum absolute atomic E-state index is 0.0764. The molecule has 1 aromatic heterocycles. The third-order valence-corrected chi connectivity index (χ3v) is 8.05. The van der Waals surface area contributed by atoms with E-state index < -0.39 is 23.7 Å². The molecule has 188 valence electrons. The minimum Gasteiger partial charge on any atom is -0.447 e. The van der Waals surface area contributed by atoms with Crippen LogP contribution >= 0.6 is 11.6 Å². The molecule has 35 heavy (non-hydrogen) atoms. The zero-order chi connectivity index (χ0) is 24.8. The maximum Gasteiger partial charge on any atom is 0.490 e. The van der Waals surface area contributed by atoms with Crippen LogP contribution in [0.25, 0.3) is 0 Å². The second kappa shape index (κ2) is 9.15. The second-order valence-corrected chi connectivity index (χ2v) is 9.99. The first-order valence-electron chi connectivity index (χ1n) is 12.1. The summed E-state index contributed by atoms with van der Waals surface area (Å²) in [6.07, 6.45) is 0.432. The van der Waals surface area contributed by atoms with Crippen LogP contribution in [0, 0.1) is 5.92 Å². The number of carbonyl (C=O) groups excluding carboxylic acids is 2. The smallest absolute Gasteiger partial charge is 0.447 e. The lowest BCUT2D eigenvalue weighted by molar-refractivity contribution is -0.229. The van der Waals surface area contributed by atoms with E-state index in [-0.39, 0.29) is 30.7 Å². The molecule has 0 N–H and O–H groups in total. The van der Waals surface area contributed by atoms with Crippen molar-refractivity contribution in [2.75, 3.05) is 6.54 Å². The number of hydrogen-bond donors (Lipinski definition) is 0. The Morgan fingerprint density at radius 1 is 1.06 bits per heavy atom. The average Bonchev–Trinajstić information content (AvgIpc) is 3.20. The first-order chi connectivity index (χ1) is 16.7. The van der Waals surface area contributed by atoms with Crippen LogP contribution in [-0.2, 0) is 28.1 Å². The predicted molar refractivity (Wildman–Crippen MR) is 122 cm³/mol. The number of imidazole rings is 1. The Hall–Kier alpha value is -2.55. The van der Waals surface area contributed by atoms with E-state index in [2.05, 4.69) is 4.98 Å². The lowest BCUT2D eigenvalue weighted by Gasteiger charge is -2.53. The number of piperidine rings is 1. The Morgan fingerprint density at radius 2 is 1.80 bits per heavy atom. The Bertz CT molecular complexity index is 1120. The van der Waals surface area contributed by atoms with E-state index in [0.29, 0.717) is 30.1 Å². The molecule has 1 saturated heterocycles. The summed E-state index contributed by atoms with van der Waals surface area (Å²) in [5.41, 5.74) is -0.0709. The summed E-state index contributed by atoms with van der Waals surface area (Å²) in [5.74, 6) is -2.64. The van der Waals surface area contributed by atoms with Crippen LogP contribution in [-0.4, -0.2) is 45.1 Å². The van der Waals surface area contributed by atoms with Crippen molar-refractivity contribution >= 4 is 23.5 Å². The van der Waals surface area contributed by atoms with Crippen LogP contribution in [0.3, 0.4) is 0 Å². The molecule has 0 bridgehead atoms. The largest absolute Gasteiger partial charge is 0.490 e. The van der Waals surface area contributed by atoms with Gasteiger partial charge < -0.3 is 14.2 Å². The number of aromatic nitrogens is 2. The van der Waals surface area contributed by atoms with Gasteiger partial charge in [0.05, 0.1) is 5.69 Å². The maximum atomic E-state index is 13.8. The SMILES string of the molecule is O=C(c1nc(Cl)c2n1CCCC2)N1CCC(OC(=O)C(F)(F)F)(c2ccccc2)C2CCCCC21. The molecule has 1 aromatic carbocycles. The van der Waals surface area contributed by atoms with Gasteiger partial charge in [-0.05, 0) is 37.7 Å². The molecule has 3 atom stereocenters. The molecule has 1 amide bonds. The fourth-order valence-corrected chi connectivity index (χ4v) is 6.47. The van der Waals surface area contributed by atoms with E-state index in [1.807, 2.05) is 4.57 Å². The maximum absolute atomic E-state index is 13.8. The topological polar surface area (TPSA) is 64.4 Å². The van der Waals surface area contributed by atoms with E-state index in [1.165, 1.54) is 0 Å². The molecule has 3 unspecified atom stereocenters. The number of alkyl halides is 3. The van der Waals surface area contributed by atoms with E-state index in [0.717, 1.165) is 37.8 Å². The van der Waals surface area contributed by atoms with Crippen molar-refractivity contribution in [1.82, 2.24) is 14.5 Å². The van der Waals surface area contributed by atoms with Gasteiger partial charge in [0.1, 0.15) is 5.60 Å². The van der Waals surface area contributed by atoms with Gasteiger partial charge in [-0.25, -0.2) is 9.78 Å². The monoisotopic (exact) mass is 509 g/mol. The molecule has 0 spiro atoms. The zero-order valence-electron chi connectivity index (χ0n) is 19.2. The van der Waals surface area contributed by atoms with Crippen molar-refractivity contribution in [1.29, 1.82) is 0 Å². The van der Waals surface area contributed by atoms with Crippen LogP contribution < -0.4 is 0 Å². The lowest BCUT2D eigenvalue weighted by atomic mass is 9.66. The number of likely N-dealkylation sites (tertiary alicyclic amines) is 1. The van der Waals surface area contributed by atoms with Crippen LogP contribution in [0.4, 0.5) is 13.2 Å². The number of fused-ring (bicyclic) bond motifs is 2. The van der Waals surface area contributed by atoms with Crippen molar-refractivity contribution in [3.63, 3.8) is 0 Å². The highest BCUT2D eigenvalue weighted by molar-refractivity contribution is 6.30. The van der Waals surface area contributed by atoms with Crippen molar-refractivity contribution in [2.24, 2.45) is 5.92 Å². The molecule has 5 rings (SSSR count). The van der Waals surface area contributed by atoms with Gasteiger partial charge in [-0.3, -0.25) is 4.79 Å². The van der Waals surface area contributed by atoms with E-state index >= 15 is 0 Å². The number of carbonyl (C=O) groups is 2. The summed E-state index contributed by atoms with van der Waals surface area (Å²) in [4.78, 5) is 32.0. The summed E-state index contributed by atoms with van der Waals surface area (Å²) in [6, 6.07) is 8.26. The van der Waals surface area contributed by atoms with Crippen molar-refractivity contribution < 1.29 is 27.5 Å². The van der Waals surface area contributed by atoms with Crippen LogP contribution in [0.1, 0.15) is 66.8 Å². The van der Waals surface area contributed by atoms with Gasteiger partial charge in [-0.2, -0.15) is 13.2 Å². The number of rotatable bonds is 3. The summed E-state index contributed by atoms with van der Waals surface area (Å²) < 4.78 is 47.3. The van der Waals surface area contributed by atoms with Gasteiger partial charge in [0.15, 0.2) is 5.15 Å². The van der Waals surface area contributed by atoms with Gasteiger partial charge in [-0.1, -0.05) is 54.8 Å². The standard InChI is InChI=1S/C25H27ClF3N3O3/c26-20-19-12-6-7-14-31(19)21(30-20)22(33)32-15-13-24(16-8-2-1-3-9-16,35-23(34)25(27,28)29)17-10-4-5-11-18(17)32/h1-3,8-9,17-18H,4-7,10-15H2. The quantitative estimate of drug-likeness (QED) is 0.528. The molecule has 6 nitrogen and oxygen atoms in total. The van der Waals surface area contributed by atoms with E-state index in [9.17, 15) is 22.8 Å². The van der Waals surface area contributed by atoms with Crippen LogP contribution in [0.2, 0.25) is 5.15 Å². The summed E-state index contributed by atoms with van der Waals surface area (Å²) in [5, 5.41) is 0.336. The minimum atomic E-state index is -5.11. The fourth-order valence-electron chi connectivity index (χ4n) is 6.20. The lowest BCUT2D eigenvalue weighted by Crippen LogP contribution is -2.61. The highest BCUT2D eigenvalue weighted by Gasteiger charge is 2.57. The number of benzene rings is 1.